The third kappa shape index (κ3) is 4.04. The maximum atomic E-state index is 10.7. The van der Waals surface area contributed by atoms with E-state index in [1.807, 2.05) is 0 Å². The van der Waals surface area contributed by atoms with Crippen LogP contribution in [0.15, 0.2) is 18.2 Å². The highest BCUT2D eigenvalue weighted by Gasteiger charge is 2.06. The van der Waals surface area contributed by atoms with Gasteiger partial charge in [-0.25, -0.2) is 0 Å². The number of hydrogen-bond acceptors (Lipinski definition) is 4. The highest BCUT2D eigenvalue weighted by atomic mass is 16.5. The summed E-state index contributed by atoms with van der Waals surface area (Å²) in [6, 6.07) is 5.16. The molecule has 0 fully saturated rings. The van der Waals surface area contributed by atoms with Crippen molar-refractivity contribution in [2.45, 2.75) is 13.8 Å². The molecule has 1 aromatic carbocycles. The van der Waals surface area contributed by atoms with Gasteiger partial charge in [0.15, 0.2) is 11.5 Å². The van der Waals surface area contributed by atoms with Crippen molar-refractivity contribution in [3.05, 3.63) is 23.8 Å². The van der Waals surface area contributed by atoms with Crippen LogP contribution in [0.4, 0.5) is 0 Å². The minimum Gasteiger partial charge on any atom is -0.493 e. The second-order valence-electron chi connectivity index (χ2n) is 3.90. The zero-order valence-corrected chi connectivity index (χ0v) is 11.3. The third-order valence-electron chi connectivity index (χ3n) is 2.88. The van der Waals surface area contributed by atoms with E-state index in [0.717, 1.165) is 25.9 Å². The van der Waals surface area contributed by atoms with Gasteiger partial charge in [0.25, 0.3) is 0 Å². The van der Waals surface area contributed by atoms with E-state index < -0.39 is 0 Å². The van der Waals surface area contributed by atoms with Crippen molar-refractivity contribution in [1.82, 2.24) is 4.90 Å². The highest BCUT2D eigenvalue weighted by Crippen LogP contribution is 2.27. The second kappa shape index (κ2) is 7.71. The Morgan fingerprint density at radius 2 is 1.94 bits per heavy atom. The zero-order chi connectivity index (χ0) is 13.4. The van der Waals surface area contributed by atoms with E-state index in [4.69, 9.17) is 9.47 Å². The Morgan fingerprint density at radius 3 is 2.50 bits per heavy atom. The molecule has 0 aliphatic rings. The minimum atomic E-state index is 0.584. The molecule has 4 heteroatoms. The summed E-state index contributed by atoms with van der Waals surface area (Å²) in [6.07, 6.45) is 0.802. The van der Waals surface area contributed by atoms with E-state index in [9.17, 15) is 4.79 Å². The Hall–Kier alpha value is -1.55. The SMILES string of the molecule is CCN(CC)CCOc1cc(C=O)ccc1OC. The fourth-order valence-corrected chi connectivity index (χ4v) is 1.70. The molecule has 0 bridgehead atoms. The van der Waals surface area contributed by atoms with Crippen LogP contribution in [0.3, 0.4) is 0 Å². The molecule has 0 N–H and O–H groups in total. The number of hydrogen-bond donors (Lipinski definition) is 0. The summed E-state index contributed by atoms with van der Waals surface area (Å²) < 4.78 is 10.9. The summed E-state index contributed by atoms with van der Waals surface area (Å²) >= 11 is 0. The van der Waals surface area contributed by atoms with Crippen LogP contribution in [0.1, 0.15) is 24.2 Å². The maximum absolute atomic E-state index is 10.7. The van der Waals surface area contributed by atoms with Crippen molar-refractivity contribution in [2.75, 3.05) is 33.4 Å². The summed E-state index contributed by atoms with van der Waals surface area (Å²) in [5, 5.41) is 0. The van der Waals surface area contributed by atoms with Crippen molar-refractivity contribution in [3.63, 3.8) is 0 Å². The Balaban J connectivity index is 2.62. The molecule has 1 aromatic rings. The predicted octanol–water partition coefficient (Wildman–Crippen LogP) is 2.23. The predicted molar refractivity (Wildman–Crippen MR) is 71.7 cm³/mol. The van der Waals surface area contributed by atoms with Crippen molar-refractivity contribution in [2.24, 2.45) is 0 Å². The van der Waals surface area contributed by atoms with Crippen LogP contribution in [0.5, 0.6) is 11.5 Å². The van der Waals surface area contributed by atoms with E-state index in [2.05, 4.69) is 18.7 Å². The lowest BCUT2D eigenvalue weighted by atomic mass is 10.2. The normalized spacial score (nSPS) is 10.4. The summed E-state index contributed by atoms with van der Waals surface area (Å²) in [5.41, 5.74) is 0.591. The molecular weight excluding hydrogens is 230 g/mol. The van der Waals surface area contributed by atoms with E-state index >= 15 is 0 Å². The molecule has 0 aliphatic heterocycles. The van der Waals surface area contributed by atoms with E-state index in [0.29, 0.717) is 23.7 Å². The maximum Gasteiger partial charge on any atom is 0.161 e. The molecule has 0 radical (unpaired) electrons. The lowest BCUT2D eigenvalue weighted by Crippen LogP contribution is -2.27. The Labute approximate surface area is 108 Å². The van der Waals surface area contributed by atoms with E-state index in [-0.39, 0.29) is 0 Å². The van der Waals surface area contributed by atoms with Gasteiger partial charge in [-0.1, -0.05) is 13.8 Å². The van der Waals surface area contributed by atoms with E-state index in [1.165, 1.54) is 0 Å². The van der Waals surface area contributed by atoms with Gasteiger partial charge in [-0.3, -0.25) is 4.79 Å². The van der Waals surface area contributed by atoms with Gasteiger partial charge < -0.3 is 14.4 Å². The van der Waals surface area contributed by atoms with Crippen LogP contribution >= 0.6 is 0 Å². The van der Waals surface area contributed by atoms with Crippen molar-refractivity contribution < 1.29 is 14.3 Å². The molecule has 0 spiro atoms. The topological polar surface area (TPSA) is 38.8 Å². The summed E-state index contributed by atoms with van der Waals surface area (Å²) in [7, 11) is 1.59. The average Bonchev–Trinajstić information content (AvgIpc) is 2.43. The van der Waals surface area contributed by atoms with Crippen molar-refractivity contribution in [3.8, 4) is 11.5 Å². The average molecular weight is 251 g/mol. The van der Waals surface area contributed by atoms with Crippen LogP contribution in [0, 0.1) is 0 Å². The van der Waals surface area contributed by atoms with Crippen LogP contribution in [0.25, 0.3) is 0 Å². The molecule has 0 heterocycles. The number of benzene rings is 1. The van der Waals surface area contributed by atoms with Crippen LogP contribution in [-0.2, 0) is 0 Å². The van der Waals surface area contributed by atoms with Gasteiger partial charge in [0, 0.05) is 12.1 Å². The van der Waals surface area contributed by atoms with E-state index in [1.54, 1.807) is 25.3 Å². The smallest absolute Gasteiger partial charge is 0.161 e. The van der Waals surface area contributed by atoms with Crippen LogP contribution < -0.4 is 9.47 Å². The molecule has 4 nitrogen and oxygen atoms in total. The first-order valence-electron chi connectivity index (χ1n) is 6.23. The lowest BCUT2D eigenvalue weighted by Gasteiger charge is -2.18. The second-order valence-corrected chi connectivity index (χ2v) is 3.90. The van der Waals surface area contributed by atoms with Gasteiger partial charge in [0.2, 0.25) is 0 Å². The number of aldehydes is 1. The Bertz CT molecular complexity index is 375. The lowest BCUT2D eigenvalue weighted by molar-refractivity contribution is 0.112. The number of rotatable bonds is 8. The van der Waals surface area contributed by atoms with Crippen LogP contribution in [-0.4, -0.2) is 44.5 Å². The molecule has 0 amide bonds. The molecular formula is C14H21NO3. The summed E-state index contributed by atoms with van der Waals surface area (Å²) in [4.78, 5) is 13.0. The Morgan fingerprint density at radius 1 is 1.22 bits per heavy atom. The van der Waals surface area contributed by atoms with Crippen molar-refractivity contribution >= 4 is 6.29 Å². The van der Waals surface area contributed by atoms with Gasteiger partial charge >= 0.3 is 0 Å². The number of carbonyl (C=O) groups is 1. The number of methoxy groups -OCH3 is 1. The fraction of sp³-hybridized carbons (Fsp3) is 0.500. The minimum absolute atomic E-state index is 0.584. The first-order chi connectivity index (χ1) is 8.74. The number of ether oxygens (including phenoxy) is 2. The monoisotopic (exact) mass is 251 g/mol. The summed E-state index contributed by atoms with van der Waals surface area (Å²) in [5.74, 6) is 1.27. The number of carbonyl (C=O) groups excluding carboxylic acids is 1. The summed E-state index contributed by atoms with van der Waals surface area (Å²) in [6.45, 7) is 7.70. The number of likely N-dealkylation sites (N-methyl/N-ethyl adjacent to an activating group) is 1. The molecule has 0 atom stereocenters. The van der Waals surface area contributed by atoms with Gasteiger partial charge in [-0.2, -0.15) is 0 Å². The molecule has 18 heavy (non-hydrogen) atoms. The molecule has 100 valence electrons. The molecule has 0 aliphatic carbocycles. The molecule has 0 aromatic heterocycles. The molecule has 0 saturated carbocycles. The first-order valence-corrected chi connectivity index (χ1v) is 6.23. The number of nitrogens with zero attached hydrogens (tertiary/aromatic N) is 1. The van der Waals surface area contributed by atoms with Crippen LogP contribution in [0.2, 0.25) is 0 Å². The standard InChI is InChI=1S/C14H21NO3/c1-4-15(5-2)8-9-18-14-10-12(11-16)6-7-13(14)17-3/h6-7,10-11H,4-5,8-9H2,1-3H3. The van der Waals surface area contributed by atoms with Crippen molar-refractivity contribution in [1.29, 1.82) is 0 Å². The molecule has 0 unspecified atom stereocenters. The fourth-order valence-electron chi connectivity index (χ4n) is 1.70. The quantitative estimate of drug-likeness (QED) is 0.664. The van der Waals surface area contributed by atoms with Gasteiger partial charge in [-0.05, 0) is 31.3 Å². The zero-order valence-electron chi connectivity index (χ0n) is 11.3. The highest BCUT2D eigenvalue weighted by molar-refractivity contribution is 5.76. The molecule has 0 saturated heterocycles. The first kappa shape index (κ1) is 14.5. The van der Waals surface area contributed by atoms with Gasteiger partial charge in [0.05, 0.1) is 7.11 Å². The molecule has 1 rings (SSSR count). The van der Waals surface area contributed by atoms with Gasteiger partial charge in [0.1, 0.15) is 12.9 Å². The Kier molecular flexibility index (Phi) is 6.22. The third-order valence-corrected chi connectivity index (χ3v) is 2.88. The largest absolute Gasteiger partial charge is 0.493 e. The van der Waals surface area contributed by atoms with Gasteiger partial charge in [-0.15, -0.1) is 0 Å².